The minimum absolute atomic E-state index is 0.0405. The third-order valence-electron chi connectivity index (χ3n) is 4.38. The Hall–Kier alpha value is -3.24. The van der Waals surface area contributed by atoms with Crippen LogP contribution in [0.1, 0.15) is 32.3 Å². The van der Waals surface area contributed by atoms with Crippen LogP contribution in [0.3, 0.4) is 0 Å². The molecular formula is C19H19F3N2O6. The van der Waals surface area contributed by atoms with E-state index in [4.69, 9.17) is 9.47 Å². The average Bonchev–Trinajstić information content (AvgIpc) is 2.66. The molecule has 162 valence electrons. The number of nitro groups is 1. The van der Waals surface area contributed by atoms with Gasteiger partial charge in [-0.25, -0.2) is 4.79 Å². The zero-order valence-electron chi connectivity index (χ0n) is 16.4. The lowest BCUT2D eigenvalue weighted by atomic mass is 9.75. The van der Waals surface area contributed by atoms with Crippen molar-refractivity contribution >= 4 is 23.3 Å². The van der Waals surface area contributed by atoms with E-state index < -0.39 is 51.8 Å². The smallest absolute Gasteiger partial charge is 0.433 e. The van der Waals surface area contributed by atoms with E-state index in [1.54, 1.807) is 0 Å². The molecule has 8 nitrogen and oxygen atoms in total. The summed E-state index contributed by atoms with van der Waals surface area (Å²) in [6, 6.07) is 4.72. The molecule has 1 aliphatic rings. The second kappa shape index (κ2) is 9.06. The monoisotopic (exact) mass is 428 g/mol. The number of hydrogen-bond donors (Lipinski definition) is 0. The number of halogens is 3. The number of allylic oxidation sites excluding steroid dienone is 1. The van der Waals surface area contributed by atoms with Crippen LogP contribution in [0.15, 0.2) is 40.5 Å². The first-order valence-corrected chi connectivity index (χ1v) is 8.97. The second-order valence-corrected chi connectivity index (χ2v) is 6.29. The lowest BCUT2D eigenvalue weighted by molar-refractivity contribution is -0.384. The Balaban J connectivity index is 2.84. The Bertz CT molecular complexity index is 923. The van der Waals surface area contributed by atoms with Crippen LogP contribution in [0.2, 0.25) is 0 Å². The maximum Gasteiger partial charge on any atom is 0.433 e. The molecule has 0 saturated heterocycles. The largest absolute Gasteiger partial charge is 0.465 e. The molecule has 1 aliphatic heterocycles. The quantitative estimate of drug-likeness (QED) is 0.388. The Morgan fingerprint density at radius 2 is 1.83 bits per heavy atom. The van der Waals surface area contributed by atoms with E-state index in [2.05, 4.69) is 4.99 Å². The molecule has 0 N–H and O–H groups in total. The highest BCUT2D eigenvalue weighted by Crippen LogP contribution is 2.45. The fourth-order valence-corrected chi connectivity index (χ4v) is 3.24. The summed E-state index contributed by atoms with van der Waals surface area (Å²) in [5.41, 5.74) is -3.08. The van der Waals surface area contributed by atoms with Gasteiger partial charge >= 0.3 is 18.1 Å². The molecule has 30 heavy (non-hydrogen) atoms. The molecule has 0 saturated carbocycles. The normalized spacial score (nSPS) is 19.2. The van der Waals surface area contributed by atoms with Gasteiger partial charge in [0.15, 0.2) is 5.70 Å². The maximum atomic E-state index is 13.7. The van der Waals surface area contributed by atoms with Gasteiger partial charge in [0.1, 0.15) is 5.92 Å². The number of rotatable bonds is 6. The van der Waals surface area contributed by atoms with Gasteiger partial charge in [0.2, 0.25) is 0 Å². The van der Waals surface area contributed by atoms with Crippen molar-refractivity contribution < 1.29 is 37.2 Å². The predicted molar refractivity (Wildman–Crippen MR) is 98.8 cm³/mol. The van der Waals surface area contributed by atoms with Crippen molar-refractivity contribution in [1.82, 2.24) is 0 Å². The summed E-state index contributed by atoms with van der Waals surface area (Å²) < 4.78 is 51.0. The molecule has 2 atom stereocenters. The fourth-order valence-electron chi connectivity index (χ4n) is 3.24. The number of esters is 2. The third-order valence-corrected chi connectivity index (χ3v) is 4.38. The molecule has 2 rings (SSSR count). The molecule has 0 bridgehead atoms. The zero-order valence-corrected chi connectivity index (χ0v) is 16.4. The maximum absolute atomic E-state index is 13.7. The topological polar surface area (TPSA) is 108 Å². The number of aliphatic imine (C=N–C) groups is 1. The highest BCUT2D eigenvalue weighted by Gasteiger charge is 2.49. The van der Waals surface area contributed by atoms with Gasteiger partial charge in [-0.1, -0.05) is 12.1 Å². The molecule has 0 fully saturated rings. The van der Waals surface area contributed by atoms with Crippen molar-refractivity contribution in [2.24, 2.45) is 10.9 Å². The number of alkyl halides is 3. The number of ether oxygens (including phenoxy) is 2. The molecule has 0 aromatic heterocycles. The van der Waals surface area contributed by atoms with E-state index in [-0.39, 0.29) is 24.5 Å². The number of benzene rings is 1. The van der Waals surface area contributed by atoms with E-state index in [0.29, 0.717) is 0 Å². The molecule has 11 heteroatoms. The summed E-state index contributed by atoms with van der Waals surface area (Å²) in [4.78, 5) is 39.1. The number of hydrogen-bond acceptors (Lipinski definition) is 7. The number of non-ortho nitro benzene ring substituents is 1. The second-order valence-electron chi connectivity index (χ2n) is 6.29. The summed E-state index contributed by atoms with van der Waals surface area (Å²) in [7, 11) is 0. The Kier molecular flexibility index (Phi) is 6.96. The number of carbonyl (C=O) groups excluding carboxylic acids is 2. The molecule has 0 amide bonds. The molecule has 1 aromatic rings. The van der Waals surface area contributed by atoms with Crippen molar-refractivity contribution in [2.45, 2.75) is 32.9 Å². The summed E-state index contributed by atoms with van der Waals surface area (Å²) >= 11 is 0. The van der Waals surface area contributed by atoms with Crippen molar-refractivity contribution in [3.63, 3.8) is 0 Å². The number of carbonyl (C=O) groups is 2. The van der Waals surface area contributed by atoms with Gasteiger partial charge in [-0.2, -0.15) is 13.2 Å². The fraction of sp³-hybridized carbons (Fsp3) is 0.421. The van der Waals surface area contributed by atoms with Crippen LogP contribution in [-0.2, 0) is 19.1 Å². The summed E-state index contributed by atoms with van der Waals surface area (Å²) in [6.07, 6.45) is -5.03. The lowest BCUT2D eigenvalue weighted by Crippen LogP contribution is -2.38. The van der Waals surface area contributed by atoms with Crippen LogP contribution >= 0.6 is 0 Å². The SMILES string of the molecule is CCOC(=O)C1=C(C(F)(F)F)N=C(C)C(C(=O)OCC)C1c1cccc([N+](=O)[O-])c1. The summed E-state index contributed by atoms with van der Waals surface area (Å²) in [5, 5.41) is 11.2. The molecule has 2 unspecified atom stereocenters. The minimum atomic E-state index is -5.03. The van der Waals surface area contributed by atoms with Gasteiger partial charge in [0.05, 0.1) is 23.7 Å². The molecule has 0 radical (unpaired) electrons. The van der Waals surface area contributed by atoms with E-state index in [1.807, 2.05) is 0 Å². The standard InChI is InChI=1S/C19H19F3N2O6/c1-4-29-17(25)13-10(3)23-16(19(20,21)22)15(18(26)30-5-2)14(13)11-7-6-8-12(9-11)24(27)28/h6-9,13-14H,4-5H2,1-3H3. The first kappa shape index (κ1) is 23.0. The van der Waals surface area contributed by atoms with Gasteiger partial charge in [-0.15, -0.1) is 0 Å². The first-order chi connectivity index (χ1) is 14.0. The lowest BCUT2D eigenvalue weighted by Gasteiger charge is -2.32. The first-order valence-electron chi connectivity index (χ1n) is 8.97. The van der Waals surface area contributed by atoms with Crippen LogP contribution < -0.4 is 0 Å². The van der Waals surface area contributed by atoms with Gasteiger partial charge in [-0.3, -0.25) is 19.9 Å². The Morgan fingerprint density at radius 1 is 1.20 bits per heavy atom. The molecule has 1 aromatic carbocycles. The predicted octanol–water partition coefficient (Wildman–Crippen LogP) is 3.71. The van der Waals surface area contributed by atoms with E-state index >= 15 is 0 Å². The van der Waals surface area contributed by atoms with Crippen LogP contribution in [0.5, 0.6) is 0 Å². The van der Waals surface area contributed by atoms with Crippen molar-refractivity contribution in [1.29, 1.82) is 0 Å². The van der Waals surface area contributed by atoms with Crippen LogP contribution in [0.4, 0.5) is 18.9 Å². The molecule has 0 aliphatic carbocycles. The van der Waals surface area contributed by atoms with Gasteiger partial charge in [0, 0.05) is 23.8 Å². The highest BCUT2D eigenvalue weighted by molar-refractivity contribution is 6.07. The van der Waals surface area contributed by atoms with E-state index in [9.17, 15) is 32.9 Å². The average molecular weight is 428 g/mol. The highest BCUT2D eigenvalue weighted by atomic mass is 19.4. The summed E-state index contributed by atoms with van der Waals surface area (Å²) in [5.74, 6) is -5.14. The van der Waals surface area contributed by atoms with Gasteiger partial charge in [0.25, 0.3) is 5.69 Å². The van der Waals surface area contributed by atoms with Crippen molar-refractivity contribution in [3.8, 4) is 0 Å². The summed E-state index contributed by atoms with van der Waals surface area (Å²) in [6.45, 7) is 3.85. The van der Waals surface area contributed by atoms with Crippen LogP contribution in [-0.4, -0.2) is 42.0 Å². The molecule has 0 spiro atoms. The number of nitrogens with zero attached hydrogens (tertiary/aromatic N) is 2. The van der Waals surface area contributed by atoms with Gasteiger partial charge < -0.3 is 9.47 Å². The third kappa shape index (κ3) is 4.66. The Labute approximate surface area is 169 Å². The van der Waals surface area contributed by atoms with E-state index in [0.717, 1.165) is 12.1 Å². The van der Waals surface area contributed by atoms with Crippen molar-refractivity contribution in [2.75, 3.05) is 13.2 Å². The van der Waals surface area contributed by atoms with Crippen LogP contribution in [0, 0.1) is 16.0 Å². The number of nitro benzene ring substituents is 1. The Morgan fingerprint density at radius 3 is 2.37 bits per heavy atom. The molecule has 1 heterocycles. The van der Waals surface area contributed by atoms with Crippen molar-refractivity contribution in [3.05, 3.63) is 51.2 Å². The zero-order chi connectivity index (χ0) is 22.6. The van der Waals surface area contributed by atoms with E-state index in [1.165, 1.54) is 32.9 Å². The molecular weight excluding hydrogens is 409 g/mol. The minimum Gasteiger partial charge on any atom is -0.465 e. The van der Waals surface area contributed by atoms with Gasteiger partial charge in [-0.05, 0) is 26.3 Å². The van der Waals surface area contributed by atoms with Crippen LogP contribution in [0.25, 0.3) is 0 Å².